The number of alkyl halides is 3. The third-order valence-electron chi connectivity index (χ3n) is 4.76. The molecule has 154 valence electrons. The molecule has 4 rings (SSSR count). The summed E-state index contributed by atoms with van der Waals surface area (Å²) in [4.78, 5) is 12.5. The molecule has 1 amide bonds. The number of fused-ring (bicyclic) bond motifs is 1. The van der Waals surface area contributed by atoms with Crippen LogP contribution in [0.15, 0.2) is 65.4 Å². The van der Waals surface area contributed by atoms with Crippen LogP contribution in [0, 0.1) is 6.92 Å². The Morgan fingerprint density at radius 3 is 2.63 bits per heavy atom. The van der Waals surface area contributed by atoms with Crippen LogP contribution in [0.1, 0.15) is 22.3 Å². The van der Waals surface area contributed by atoms with E-state index in [2.05, 4.69) is 10.4 Å². The van der Waals surface area contributed by atoms with E-state index in [-0.39, 0.29) is 18.9 Å². The van der Waals surface area contributed by atoms with Crippen LogP contribution < -0.4 is 5.32 Å². The van der Waals surface area contributed by atoms with Gasteiger partial charge in [0, 0.05) is 17.0 Å². The first-order chi connectivity index (χ1) is 14.3. The van der Waals surface area contributed by atoms with Crippen LogP contribution in [0.4, 0.5) is 19.0 Å². The monoisotopic (exact) mass is 413 g/mol. The fourth-order valence-electron chi connectivity index (χ4n) is 3.22. The van der Waals surface area contributed by atoms with E-state index in [9.17, 15) is 18.0 Å². The van der Waals surface area contributed by atoms with Gasteiger partial charge in [-0.1, -0.05) is 24.3 Å². The molecule has 0 unspecified atom stereocenters. The maximum absolute atomic E-state index is 12.7. The molecule has 2 aromatic heterocycles. The molecule has 0 aliphatic carbocycles. The summed E-state index contributed by atoms with van der Waals surface area (Å²) in [7, 11) is 0. The number of amides is 1. The summed E-state index contributed by atoms with van der Waals surface area (Å²) in [6.45, 7) is 2.20. The zero-order valence-corrected chi connectivity index (χ0v) is 16.0. The highest BCUT2D eigenvalue weighted by Gasteiger charge is 2.29. The summed E-state index contributed by atoms with van der Waals surface area (Å²) in [6, 6.07) is 12.3. The Balaban J connectivity index is 1.44. The van der Waals surface area contributed by atoms with Crippen molar-refractivity contribution < 1.29 is 22.4 Å². The number of carbonyl (C=O) groups excluding carboxylic acids is 1. The molecule has 0 radical (unpaired) electrons. The lowest BCUT2D eigenvalue weighted by Crippen LogP contribution is -2.18. The molecule has 0 aliphatic heterocycles. The van der Waals surface area contributed by atoms with Crippen LogP contribution in [-0.2, 0) is 23.9 Å². The zero-order chi connectivity index (χ0) is 21.3. The smallest absolute Gasteiger partial charge is 0.416 e. The molecule has 2 aromatic carbocycles. The first kappa shape index (κ1) is 19.8. The molecule has 2 heterocycles. The summed E-state index contributed by atoms with van der Waals surface area (Å²) < 4.78 is 45.2. The van der Waals surface area contributed by atoms with E-state index in [1.54, 1.807) is 12.3 Å². The Kier molecular flexibility index (Phi) is 5.07. The Morgan fingerprint density at radius 2 is 1.90 bits per heavy atom. The van der Waals surface area contributed by atoms with Gasteiger partial charge >= 0.3 is 6.18 Å². The van der Waals surface area contributed by atoms with Crippen molar-refractivity contribution in [2.45, 2.75) is 26.1 Å². The van der Waals surface area contributed by atoms with Crippen molar-refractivity contribution in [1.82, 2.24) is 9.78 Å². The molecule has 5 nitrogen and oxygen atoms in total. The minimum absolute atomic E-state index is 0.127. The lowest BCUT2D eigenvalue weighted by molar-refractivity contribution is -0.137. The van der Waals surface area contributed by atoms with E-state index in [1.165, 1.54) is 23.0 Å². The minimum Gasteiger partial charge on any atom is -0.464 e. The number of carbonyl (C=O) groups is 1. The van der Waals surface area contributed by atoms with Crippen molar-refractivity contribution in [3.63, 3.8) is 0 Å². The van der Waals surface area contributed by atoms with Gasteiger partial charge in [0.25, 0.3) is 0 Å². The van der Waals surface area contributed by atoms with Crippen molar-refractivity contribution in [2.24, 2.45) is 0 Å². The normalized spacial score (nSPS) is 11.7. The van der Waals surface area contributed by atoms with E-state index in [4.69, 9.17) is 4.42 Å². The molecule has 0 saturated heterocycles. The number of halogens is 3. The Morgan fingerprint density at radius 1 is 1.13 bits per heavy atom. The standard InChI is InChI=1S/C22H18F3N3O2/c1-14-2-7-18-16(13-30-19(18)10-14)11-21(29)27-20-8-9-26-28(20)12-15-3-5-17(6-4-15)22(23,24)25/h2-10,13H,11-12H2,1H3,(H,27,29). The van der Waals surface area contributed by atoms with Gasteiger partial charge in [-0.15, -0.1) is 0 Å². The van der Waals surface area contributed by atoms with Gasteiger partial charge in [0.1, 0.15) is 11.4 Å². The summed E-state index contributed by atoms with van der Waals surface area (Å²) in [5.41, 5.74) is 2.50. The highest BCUT2D eigenvalue weighted by molar-refractivity contribution is 5.94. The van der Waals surface area contributed by atoms with Gasteiger partial charge in [0.2, 0.25) is 5.91 Å². The summed E-state index contributed by atoms with van der Waals surface area (Å²) >= 11 is 0. The second kappa shape index (κ2) is 7.70. The van der Waals surface area contributed by atoms with E-state index in [0.717, 1.165) is 34.2 Å². The first-order valence-corrected chi connectivity index (χ1v) is 9.24. The fraction of sp³-hybridized carbons (Fsp3) is 0.182. The van der Waals surface area contributed by atoms with Gasteiger partial charge in [-0.2, -0.15) is 18.3 Å². The molecule has 0 fully saturated rings. The van der Waals surface area contributed by atoms with Crippen LogP contribution in [0.25, 0.3) is 11.0 Å². The molecule has 4 aromatic rings. The van der Waals surface area contributed by atoms with Crippen LogP contribution in [-0.4, -0.2) is 15.7 Å². The van der Waals surface area contributed by atoms with Gasteiger partial charge in [-0.25, -0.2) is 4.68 Å². The Hall–Kier alpha value is -3.55. The average Bonchev–Trinajstić information content (AvgIpc) is 3.28. The summed E-state index contributed by atoms with van der Waals surface area (Å²) in [6.07, 6.45) is -1.15. The van der Waals surface area contributed by atoms with Gasteiger partial charge in [-0.05, 0) is 36.2 Å². The minimum atomic E-state index is -4.38. The number of furan rings is 1. The van der Waals surface area contributed by atoms with Crippen molar-refractivity contribution in [3.8, 4) is 0 Å². The molecular formula is C22H18F3N3O2. The van der Waals surface area contributed by atoms with E-state index in [1.807, 2.05) is 25.1 Å². The van der Waals surface area contributed by atoms with E-state index >= 15 is 0 Å². The highest BCUT2D eigenvalue weighted by Crippen LogP contribution is 2.29. The average molecular weight is 413 g/mol. The summed E-state index contributed by atoms with van der Waals surface area (Å²) in [5.74, 6) is 0.219. The zero-order valence-electron chi connectivity index (χ0n) is 16.0. The molecule has 0 bridgehead atoms. The lowest BCUT2D eigenvalue weighted by Gasteiger charge is -2.10. The fourth-order valence-corrected chi connectivity index (χ4v) is 3.22. The quantitative estimate of drug-likeness (QED) is 0.490. The van der Waals surface area contributed by atoms with E-state index < -0.39 is 11.7 Å². The van der Waals surface area contributed by atoms with Crippen LogP contribution in [0.2, 0.25) is 0 Å². The maximum Gasteiger partial charge on any atom is 0.416 e. The predicted molar refractivity (Wildman–Crippen MR) is 106 cm³/mol. The van der Waals surface area contributed by atoms with Crippen molar-refractivity contribution >= 4 is 22.7 Å². The third kappa shape index (κ3) is 4.22. The number of rotatable bonds is 5. The number of hydrogen-bond donors (Lipinski definition) is 1. The third-order valence-corrected chi connectivity index (χ3v) is 4.76. The number of nitrogens with one attached hydrogen (secondary N) is 1. The molecule has 8 heteroatoms. The van der Waals surface area contributed by atoms with Crippen molar-refractivity contribution in [1.29, 1.82) is 0 Å². The molecule has 1 N–H and O–H groups in total. The summed E-state index contributed by atoms with van der Waals surface area (Å²) in [5, 5.41) is 7.84. The van der Waals surface area contributed by atoms with Gasteiger partial charge < -0.3 is 9.73 Å². The number of hydrogen-bond acceptors (Lipinski definition) is 3. The first-order valence-electron chi connectivity index (χ1n) is 9.24. The number of benzene rings is 2. The van der Waals surface area contributed by atoms with Gasteiger partial charge in [-0.3, -0.25) is 4.79 Å². The van der Waals surface area contributed by atoms with Crippen LogP contribution >= 0.6 is 0 Å². The number of aromatic nitrogens is 2. The number of anilines is 1. The largest absolute Gasteiger partial charge is 0.464 e. The SMILES string of the molecule is Cc1ccc2c(CC(=O)Nc3ccnn3Cc3ccc(C(F)(F)F)cc3)coc2c1. The molecule has 30 heavy (non-hydrogen) atoms. The molecular weight excluding hydrogens is 395 g/mol. The molecule has 0 saturated carbocycles. The van der Waals surface area contributed by atoms with Gasteiger partial charge in [0.05, 0.1) is 31.0 Å². The van der Waals surface area contributed by atoms with Crippen LogP contribution in [0.5, 0.6) is 0 Å². The predicted octanol–water partition coefficient (Wildman–Crippen LogP) is 5.19. The molecule has 0 atom stereocenters. The molecule has 0 aliphatic rings. The second-order valence-electron chi connectivity index (χ2n) is 7.05. The lowest BCUT2D eigenvalue weighted by atomic mass is 10.1. The number of nitrogens with zero attached hydrogens (tertiary/aromatic N) is 2. The van der Waals surface area contributed by atoms with E-state index in [0.29, 0.717) is 11.4 Å². The number of aryl methyl sites for hydroxylation is 1. The Labute approximate surface area is 170 Å². The Bertz CT molecular complexity index is 1190. The second-order valence-corrected chi connectivity index (χ2v) is 7.05. The van der Waals surface area contributed by atoms with Crippen LogP contribution in [0.3, 0.4) is 0 Å². The molecule has 0 spiro atoms. The van der Waals surface area contributed by atoms with Crippen molar-refractivity contribution in [3.05, 3.63) is 83.2 Å². The van der Waals surface area contributed by atoms with Crippen molar-refractivity contribution in [2.75, 3.05) is 5.32 Å². The van der Waals surface area contributed by atoms with Gasteiger partial charge in [0.15, 0.2) is 0 Å². The highest BCUT2D eigenvalue weighted by atomic mass is 19.4. The topological polar surface area (TPSA) is 60.1 Å². The maximum atomic E-state index is 12.7.